The molecule has 2 amide bonds. The minimum absolute atomic E-state index is 0.233. The van der Waals surface area contributed by atoms with Crippen LogP contribution in [0.5, 0.6) is 0 Å². The van der Waals surface area contributed by atoms with E-state index in [-0.39, 0.29) is 49.5 Å². The van der Waals surface area contributed by atoms with Gasteiger partial charge in [-0.25, -0.2) is 17.6 Å². The monoisotopic (exact) mass is 566 g/mol. The number of benzene rings is 1. The molecule has 2 unspecified atom stereocenters. The molecule has 2 heterocycles. The number of carbonyl (C=O) groups is 2. The molecule has 0 radical (unpaired) electrons. The van der Waals surface area contributed by atoms with Crippen LogP contribution in [-0.2, 0) is 26.0 Å². The van der Waals surface area contributed by atoms with Crippen LogP contribution in [0.2, 0.25) is 0 Å². The maximum absolute atomic E-state index is 13.8. The van der Waals surface area contributed by atoms with Crippen molar-refractivity contribution in [3.63, 3.8) is 0 Å². The normalized spacial score (nSPS) is 21.8. The fourth-order valence-electron chi connectivity index (χ4n) is 6.24. The summed E-state index contributed by atoms with van der Waals surface area (Å²) < 4.78 is 44.7. The number of nitrogens with one attached hydrogen (secondary N) is 1. The number of fused-ring (bicyclic) bond motifs is 1. The van der Waals surface area contributed by atoms with Crippen molar-refractivity contribution in [2.45, 2.75) is 83.4 Å². The van der Waals surface area contributed by atoms with Gasteiger partial charge in [-0.1, -0.05) is 32.1 Å². The number of sulfonamides is 1. The molecule has 3 aliphatic rings. The molecule has 2 fully saturated rings. The lowest BCUT2D eigenvalue weighted by Gasteiger charge is -2.37. The maximum atomic E-state index is 13.8. The number of hydrogen-bond donors (Lipinski definition) is 1. The second-order valence-corrected chi connectivity index (χ2v) is 14.0. The summed E-state index contributed by atoms with van der Waals surface area (Å²) in [5, 5.41) is 2.90. The van der Waals surface area contributed by atoms with Crippen LogP contribution in [0, 0.1) is 11.7 Å². The molecule has 4 rings (SSSR count). The smallest absolute Gasteiger partial charge is 0.408 e. The molecule has 9 nitrogen and oxygen atoms in total. The lowest BCUT2D eigenvalue weighted by Crippen LogP contribution is -2.54. The largest absolute Gasteiger partial charge is 0.436 e. The van der Waals surface area contributed by atoms with Crippen molar-refractivity contribution >= 4 is 27.7 Å². The third kappa shape index (κ3) is 7.42. The van der Waals surface area contributed by atoms with Crippen molar-refractivity contribution in [1.82, 2.24) is 14.5 Å². The number of anilines is 1. The van der Waals surface area contributed by atoms with E-state index >= 15 is 0 Å². The number of amides is 2. The molecule has 2 aliphatic heterocycles. The topological polar surface area (TPSA) is 99.3 Å². The van der Waals surface area contributed by atoms with Gasteiger partial charge in [0.2, 0.25) is 10.0 Å². The van der Waals surface area contributed by atoms with E-state index in [1.165, 1.54) is 23.0 Å². The Balaban J connectivity index is 1.38. The SMILES string of the molecule is CC(CN1c2ccc(F)cc2CC1(C)C)NC(=O)OC(CC1CCCCC1)C(=O)N1CCN(S(C)(=O)=O)CC1. The Hall–Kier alpha value is -2.40. The highest BCUT2D eigenvalue weighted by molar-refractivity contribution is 7.88. The Kier molecular flexibility index (Phi) is 9.10. The van der Waals surface area contributed by atoms with Crippen molar-refractivity contribution in [3.8, 4) is 0 Å². The van der Waals surface area contributed by atoms with Gasteiger partial charge >= 0.3 is 6.09 Å². The van der Waals surface area contributed by atoms with Gasteiger partial charge in [-0.15, -0.1) is 0 Å². The molecule has 0 aromatic heterocycles. The molecule has 1 saturated heterocycles. The first-order valence-corrected chi connectivity index (χ1v) is 16.0. The molecule has 1 aliphatic carbocycles. The van der Waals surface area contributed by atoms with E-state index in [0.717, 1.165) is 36.9 Å². The van der Waals surface area contributed by atoms with E-state index in [9.17, 15) is 22.4 Å². The molecule has 0 spiro atoms. The molecule has 11 heteroatoms. The predicted molar refractivity (Wildman–Crippen MR) is 149 cm³/mol. The van der Waals surface area contributed by atoms with Crippen LogP contribution >= 0.6 is 0 Å². The van der Waals surface area contributed by atoms with E-state index in [2.05, 4.69) is 24.1 Å². The molecule has 2 atom stereocenters. The highest BCUT2D eigenvalue weighted by Crippen LogP contribution is 2.39. The third-order valence-corrected chi connectivity index (χ3v) is 9.63. The third-order valence-electron chi connectivity index (χ3n) is 8.32. The molecule has 1 aromatic carbocycles. The lowest BCUT2D eigenvalue weighted by molar-refractivity contribution is -0.142. The summed E-state index contributed by atoms with van der Waals surface area (Å²) in [7, 11) is -3.31. The molecule has 0 bridgehead atoms. The van der Waals surface area contributed by atoms with Gasteiger partial charge in [-0.05, 0) is 63.3 Å². The van der Waals surface area contributed by atoms with Crippen molar-refractivity contribution in [1.29, 1.82) is 0 Å². The fourth-order valence-corrected chi connectivity index (χ4v) is 7.07. The number of nitrogens with zero attached hydrogens (tertiary/aromatic N) is 3. The van der Waals surface area contributed by atoms with Gasteiger partial charge < -0.3 is 19.9 Å². The summed E-state index contributed by atoms with van der Waals surface area (Å²) >= 11 is 0. The van der Waals surface area contributed by atoms with Gasteiger partial charge in [0.05, 0.1) is 6.26 Å². The van der Waals surface area contributed by atoms with E-state index in [1.807, 2.05) is 6.92 Å². The van der Waals surface area contributed by atoms with Crippen LogP contribution in [0.1, 0.15) is 64.9 Å². The number of alkyl carbamates (subject to hydrolysis) is 1. The highest BCUT2D eigenvalue weighted by Gasteiger charge is 2.38. The van der Waals surface area contributed by atoms with E-state index in [0.29, 0.717) is 25.3 Å². The Bertz CT molecular complexity index is 1150. The Morgan fingerprint density at radius 1 is 1.13 bits per heavy atom. The van der Waals surface area contributed by atoms with Crippen LogP contribution in [0.25, 0.3) is 0 Å². The lowest BCUT2D eigenvalue weighted by atomic mass is 9.85. The van der Waals surface area contributed by atoms with Crippen molar-refractivity contribution in [3.05, 3.63) is 29.6 Å². The van der Waals surface area contributed by atoms with Crippen LogP contribution in [0.3, 0.4) is 0 Å². The maximum Gasteiger partial charge on any atom is 0.408 e. The fraction of sp³-hybridized carbons (Fsp3) is 0.714. The minimum Gasteiger partial charge on any atom is -0.436 e. The number of carbonyl (C=O) groups excluding carboxylic acids is 2. The van der Waals surface area contributed by atoms with Crippen LogP contribution in [0.4, 0.5) is 14.9 Å². The van der Waals surface area contributed by atoms with Crippen LogP contribution < -0.4 is 10.2 Å². The summed E-state index contributed by atoms with van der Waals surface area (Å²) in [6.07, 6.45) is 6.24. The second kappa shape index (κ2) is 12.0. The van der Waals surface area contributed by atoms with E-state index in [1.54, 1.807) is 17.0 Å². The summed E-state index contributed by atoms with van der Waals surface area (Å²) in [6.45, 7) is 7.62. The number of rotatable bonds is 8. The number of piperazine rings is 1. The van der Waals surface area contributed by atoms with Crippen molar-refractivity contribution in [2.24, 2.45) is 5.92 Å². The average molecular weight is 567 g/mol. The van der Waals surface area contributed by atoms with Gasteiger partial charge in [0.25, 0.3) is 5.91 Å². The van der Waals surface area contributed by atoms with Gasteiger partial charge in [0.1, 0.15) is 5.82 Å². The van der Waals surface area contributed by atoms with Crippen LogP contribution in [0.15, 0.2) is 18.2 Å². The summed E-state index contributed by atoms with van der Waals surface area (Å²) in [4.78, 5) is 30.3. The minimum atomic E-state index is -3.31. The van der Waals surface area contributed by atoms with Gasteiger partial charge in [0, 0.05) is 50.0 Å². The van der Waals surface area contributed by atoms with Crippen LogP contribution in [-0.4, -0.2) is 86.3 Å². The Morgan fingerprint density at radius 2 is 1.79 bits per heavy atom. The molecule has 1 aromatic rings. The van der Waals surface area contributed by atoms with Gasteiger partial charge in [-0.2, -0.15) is 4.31 Å². The number of ether oxygens (including phenoxy) is 1. The number of hydrogen-bond acceptors (Lipinski definition) is 6. The quantitative estimate of drug-likeness (QED) is 0.517. The summed E-state index contributed by atoms with van der Waals surface area (Å²) in [6, 6.07) is 4.53. The van der Waals surface area contributed by atoms with Crippen molar-refractivity contribution < 1.29 is 27.1 Å². The summed E-state index contributed by atoms with van der Waals surface area (Å²) in [5.74, 6) is -0.196. The zero-order valence-corrected chi connectivity index (χ0v) is 24.4. The standard InChI is InChI=1S/C28H43FN4O5S/c1-20(19-33-24-11-10-23(29)17-22(24)18-28(33,2)3)30-27(35)38-25(16-21-8-6-5-7-9-21)26(34)31-12-14-32(15-13-31)39(4,36)37/h10-11,17,20-21,25H,5-9,12-16,18-19H2,1-4H3,(H,30,35). The predicted octanol–water partition coefficient (Wildman–Crippen LogP) is 3.52. The van der Waals surface area contributed by atoms with E-state index in [4.69, 9.17) is 4.74 Å². The first-order chi connectivity index (χ1) is 18.3. The molecule has 218 valence electrons. The zero-order chi connectivity index (χ0) is 28.4. The molecule has 39 heavy (non-hydrogen) atoms. The molecular formula is C28H43FN4O5S. The van der Waals surface area contributed by atoms with Gasteiger partial charge in [0.15, 0.2) is 6.10 Å². The first kappa shape index (κ1) is 29.6. The Labute approximate surface area is 232 Å². The van der Waals surface area contributed by atoms with E-state index < -0.39 is 22.2 Å². The molecule has 1 N–H and O–H groups in total. The average Bonchev–Trinajstić information content (AvgIpc) is 3.11. The zero-order valence-electron chi connectivity index (χ0n) is 23.6. The Morgan fingerprint density at radius 3 is 2.44 bits per heavy atom. The molecular weight excluding hydrogens is 523 g/mol. The first-order valence-electron chi connectivity index (χ1n) is 14.1. The number of halogens is 1. The highest BCUT2D eigenvalue weighted by atomic mass is 32.2. The second-order valence-electron chi connectivity index (χ2n) is 12.0. The van der Waals surface area contributed by atoms with Crippen molar-refractivity contribution in [2.75, 3.05) is 43.9 Å². The summed E-state index contributed by atoms with van der Waals surface area (Å²) in [5.41, 5.74) is 1.68. The molecule has 1 saturated carbocycles. The van der Waals surface area contributed by atoms with Gasteiger partial charge in [-0.3, -0.25) is 4.79 Å².